The fourth-order valence-electron chi connectivity index (χ4n) is 7.47. The number of aliphatic carboxylic acids is 1. The molecule has 2 aromatic rings. The van der Waals surface area contributed by atoms with Gasteiger partial charge in [0.05, 0.1) is 17.8 Å². The maximum atomic E-state index is 14.0. The van der Waals surface area contributed by atoms with Gasteiger partial charge in [-0.25, -0.2) is 14.6 Å². The lowest BCUT2D eigenvalue weighted by Gasteiger charge is -2.31. The number of aryl methyl sites for hydroxylation is 1. The second-order valence-electron chi connectivity index (χ2n) is 12.3. The number of pyridine rings is 1. The summed E-state index contributed by atoms with van der Waals surface area (Å²) in [6, 6.07) is 8.10. The number of para-hydroxylation sites is 1. The predicted molar refractivity (Wildman–Crippen MR) is 153 cm³/mol. The number of carboxylic acid groups (broad SMARTS) is 1. The second kappa shape index (κ2) is 12.2. The average Bonchev–Trinajstić information content (AvgIpc) is 3.73. The van der Waals surface area contributed by atoms with Gasteiger partial charge in [0.1, 0.15) is 30.0 Å². The van der Waals surface area contributed by atoms with Crippen molar-refractivity contribution in [3.05, 3.63) is 36.0 Å². The number of rotatable bonds is 2. The van der Waals surface area contributed by atoms with Crippen LogP contribution in [0.15, 0.2) is 30.3 Å². The predicted octanol–water partition coefficient (Wildman–Crippen LogP) is 5.24. The topological polar surface area (TPSA) is 118 Å². The first-order valence-corrected chi connectivity index (χ1v) is 15.5. The van der Waals surface area contributed by atoms with Crippen molar-refractivity contribution in [2.24, 2.45) is 11.8 Å². The molecule has 1 aromatic carbocycles. The Hall–Kier alpha value is -3.36. The first-order valence-electron chi connectivity index (χ1n) is 15.5. The van der Waals surface area contributed by atoms with Crippen LogP contribution in [0.3, 0.4) is 0 Å². The van der Waals surface area contributed by atoms with Crippen LogP contribution in [-0.2, 0) is 20.7 Å². The Morgan fingerprint density at radius 2 is 1.68 bits per heavy atom. The zero-order valence-corrected chi connectivity index (χ0v) is 23.6. The Morgan fingerprint density at radius 1 is 0.927 bits per heavy atom. The molecule has 3 fully saturated rings. The van der Waals surface area contributed by atoms with E-state index in [1.165, 1.54) is 4.90 Å². The number of ether oxygens (including phenoxy) is 2. The van der Waals surface area contributed by atoms with Crippen molar-refractivity contribution in [3.8, 4) is 5.75 Å². The molecule has 41 heavy (non-hydrogen) atoms. The number of carboxylic acids is 1. The van der Waals surface area contributed by atoms with Gasteiger partial charge >= 0.3 is 12.1 Å². The second-order valence-corrected chi connectivity index (χ2v) is 12.3. The Labute approximate surface area is 241 Å². The molecule has 2 aliphatic heterocycles. The molecule has 0 spiro atoms. The number of aromatic nitrogens is 1. The van der Waals surface area contributed by atoms with Gasteiger partial charge in [0.25, 0.3) is 0 Å². The molecule has 6 rings (SSSR count). The van der Waals surface area contributed by atoms with Crippen molar-refractivity contribution in [2.45, 2.75) is 108 Å². The third-order valence-electron chi connectivity index (χ3n) is 9.63. The Kier molecular flexibility index (Phi) is 8.30. The van der Waals surface area contributed by atoms with Crippen LogP contribution >= 0.6 is 0 Å². The number of carbonyl (C=O) groups excluding carboxylic acids is 2. The fourth-order valence-corrected chi connectivity index (χ4v) is 7.47. The standard InChI is InChI=1S/C32H41N3O6/c36-30-29(21-10-4-5-11-21)34-32(39)41-27-16-8-13-20(27)9-2-1-3-15-25-28(17-22-12-6-7-14-24(22)33-25)40-23-18-26(31(37)38)35(30)19-23/h6-7,12,14,17,20-21,23,26-27,29H,1-5,8-11,13,15-16,18-19H2,(H,34,39)(H,37,38)/t20?,23-,26+,27-,29+/m1/s1. The first-order chi connectivity index (χ1) is 20.0. The van der Waals surface area contributed by atoms with E-state index in [2.05, 4.69) is 5.32 Å². The summed E-state index contributed by atoms with van der Waals surface area (Å²) < 4.78 is 12.4. The van der Waals surface area contributed by atoms with Gasteiger partial charge in [0.2, 0.25) is 5.91 Å². The maximum Gasteiger partial charge on any atom is 0.408 e. The number of benzene rings is 1. The lowest BCUT2D eigenvalue weighted by Crippen LogP contribution is -2.55. The maximum absolute atomic E-state index is 14.0. The molecule has 4 aliphatic rings. The zero-order chi connectivity index (χ0) is 28.3. The highest BCUT2D eigenvalue weighted by molar-refractivity contribution is 5.90. The number of hydrogen-bond donors (Lipinski definition) is 2. The number of hydrogen-bond acceptors (Lipinski definition) is 6. The summed E-state index contributed by atoms with van der Waals surface area (Å²) in [5.74, 6) is -0.459. The number of alkyl carbamates (subject to hydrolysis) is 1. The first kappa shape index (κ1) is 27.8. The normalized spacial score (nSPS) is 30.0. The molecule has 9 heteroatoms. The van der Waals surface area contributed by atoms with Crippen molar-refractivity contribution in [3.63, 3.8) is 0 Å². The molecule has 2 bridgehead atoms. The van der Waals surface area contributed by atoms with Gasteiger partial charge in [0.15, 0.2) is 0 Å². The van der Waals surface area contributed by atoms with Crippen LogP contribution in [0.25, 0.3) is 10.9 Å². The average molecular weight is 564 g/mol. The van der Waals surface area contributed by atoms with Crippen LogP contribution in [0.5, 0.6) is 5.75 Å². The van der Waals surface area contributed by atoms with Crippen LogP contribution in [-0.4, -0.2) is 63.8 Å². The monoisotopic (exact) mass is 563 g/mol. The van der Waals surface area contributed by atoms with E-state index >= 15 is 0 Å². The van der Waals surface area contributed by atoms with Crippen molar-refractivity contribution in [1.82, 2.24) is 15.2 Å². The lowest BCUT2D eigenvalue weighted by molar-refractivity contribution is -0.149. The summed E-state index contributed by atoms with van der Waals surface area (Å²) in [7, 11) is 0. The Balaban J connectivity index is 1.32. The van der Waals surface area contributed by atoms with Crippen molar-refractivity contribution < 1.29 is 29.0 Å². The highest BCUT2D eigenvalue weighted by Gasteiger charge is 2.46. The molecule has 0 radical (unpaired) electrons. The molecule has 220 valence electrons. The minimum Gasteiger partial charge on any atom is -0.487 e. The minimum absolute atomic E-state index is 0.0364. The molecule has 2 saturated carbocycles. The van der Waals surface area contributed by atoms with E-state index in [0.717, 1.165) is 93.6 Å². The van der Waals surface area contributed by atoms with Crippen LogP contribution in [0, 0.1) is 11.8 Å². The highest BCUT2D eigenvalue weighted by atomic mass is 16.6. The number of fused-ring (bicyclic) bond motifs is 5. The van der Waals surface area contributed by atoms with Gasteiger partial charge in [-0.05, 0) is 75.3 Å². The summed E-state index contributed by atoms with van der Waals surface area (Å²) in [5, 5.41) is 14.0. The van der Waals surface area contributed by atoms with E-state index < -0.39 is 30.3 Å². The van der Waals surface area contributed by atoms with E-state index in [1.807, 2.05) is 30.3 Å². The molecule has 2 aliphatic carbocycles. The molecule has 3 heterocycles. The third-order valence-corrected chi connectivity index (χ3v) is 9.63. The number of nitrogens with one attached hydrogen (secondary N) is 1. The smallest absolute Gasteiger partial charge is 0.408 e. The third kappa shape index (κ3) is 6.14. The number of amides is 2. The van der Waals surface area contributed by atoms with Gasteiger partial charge in [-0.15, -0.1) is 0 Å². The van der Waals surface area contributed by atoms with Crippen LogP contribution in [0.2, 0.25) is 0 Å². The summed E-state index contributed by atoms with van der Waals surface area (Å²) in [4.78, 5) is 45.9. The van der Waals surface area contributed by atoms with E-state index in [1.54, 1.807) is 0 Å². The quantitative estimate of drug-likeness (QED) is 0.513. The van der Waals surface area contributed by atoms with Crippen molar-refractivity contribution in [1.29, 1.82) is 0 Å². The summed E-state index contributed by atoms with van der Waals surface area (Å²) in [6.45, 7) is 0.146. The molecule has 9 nitrogen and oxygen atoms in total. The molecule has 5 atom stereocenters. The molecule has 1 saturated heterocycles. The highest BCUT2D eigenvalue weighted by Crippen LogP contribution is 2.35. The van der Waals surface area contributed by atoms with E-state index in [4.69, 9.17) is 14.5 Å². The minimum atomic E-state index is -1.06. The van der Waals surface area contributed by atoms with Gasteiger partial charge in [-0.3, -0.25) is 4.79 Å². The lowest BCUT2D eigenvalue weighted by atomic mass is 9.96. The SMILES string of the molecule is O=C1N[C@@H](C2CCCC2)C(=O)N2C[C@@H](C[C@H]2C(=O)O)Oc2cc3ccccc3nc2CCCCCC2CCC[C@H]2O1. The van der Waals surface area contributed by atoms with Gasteiger partial charge in [-0.1, -0.05) is 43.9 Å². The summed E-state index contributed by atoms with van der Waals surface area (Å²) >= 11 is 0. The number of carbonyl (C=O) groups is 3. The zero-order valence-electron chi connectivity index (χ0n) is 23.6. The summed E-state index contributed by atoms with van der Waals surface area (Å²) in [5.41, 5.74) is 1.78. The molecular weight excluding hydrogens is 522 g/mol. The van der Waals surface area contributed by atoms with Gasteiger partial charge < -0.3 is 24.8 Å². The van der Waals surface area contributed by atoms with Crippen LogP contribution in [0.1, 0.15) is 82.7 Å². The number of nitrogens with zero attached hydrogens (tertiary/aromatic N) is 2. The molecule has 1 unspecified atom stereocenters. The van der Waals surface area contributed by atoms with Crippen LogP contribution < -0.4 is 10.1 Å². The van der Waals surface area contributed by atoms with E-state index in [-0.39, 0.29) is 30.9 Å². The van der Waals surface area contributed by atoms with Crippen molar-refractivity contribution in [2.75, 3.05) is 6.54 Å². The fraction of sp³-hybridized carbons (Fsp3) is 0.625. The molecule has 2 amide bonds. The summed E-state index contributed by atoms with van der Waals surface area (Å²) in [6.07, 6.45) is 10.3. The molecular formula is C32H41N3O6. The Morgan fingerprint density at radius 3 is 2.51 bits per heavy atom. The molecule has 1 aromatic heterocycles. The largest absolute Gasteiger partial charge is 0.487 e. The molecule has 2 N–H and O–H groups in total. The van der Waals surface area contributed by atoms with Gasteiger partial charge in [-0.2, -0.15) is 0 Å². The van der Waals surface area contributed by atoms with Crippen LogP contribution in [0.4, 0.5) is 4.79 Å². The van der Waals surface area contributed by atoms with E-state index in [0.29, 0.717) is 11.7 Å². The van der Waals surface area contributed by atoms with E-state index in [9.17, 15) is 19.5 Å². The van der Waals surface area contributed by atoms with Gasteiger partial charge in [0, 0.05) is 11.8 Å². The van der Waals surface area contributed by atoms with Crippen molar-refractivity contribution >= 4 is 28.9 Å². The Bertz CT molecular complexity index is 1280.